The van der Waals surface area contributed by atoms with Crippen LogP contribution in [-0.4, -0.2) is 57.7 Å². The molecule has 8 nitrogen and oxygen atoms in total. The first-order valence-electron chi connectivity index (χ1n) is 11.8. The highest BCUT2D eigenvalue weighted by atomic mass is 19.1. The second kappa shape index (κ2) is 9.17. The summed E-state index contributed by atoms with van der Waals surface area (Å²) in [4.78, 5) is 21.1. The molecule has 2 aromatic heterocycles. The van der Waals surface area contributed by atoms with Gasteiger partial charge in [-0.25, -0.2) is 18.6 Å². The van der Waals surface area contributed by atoms with Gasteiger partial charge in [-0.3, -0.25) is 5.32 Å². The lowest BCUT2D eigenvalue weighted by Gasteiger charge is -2.35. The molecule has 0 bridgehead atoms. The molecule has 2 N–H and O–H groups in total. The molecule has 5 rings (SSSR count). The van der Waals surface area contributed by atoms with Crippen molar-refractivity contribution < 1.29 is 13.6 Å². The van der Waals surface area contributed by atoms with Crippen LogP contribution in [0.1, 0.15) is 38.3 Å². The molecule has 2 saturated heterocycles. The number of halogens is 2. The van der Waals surface area contributed by atoms with E-state index in [1.54, 1.807) is 15.6 Å². The maximum absolute atomic E-state index is 14.5. The van der Waals surface area contributed by atoms with E-state index in [-0.39, 0.29) is 18.1 Å². The molecule has 2 aliphatic heterocycles. The topological polar surface area (TPSA) is 77.8 Å². The Morgan fingerprint density at radius 2 is 2.06 bits per heavy atom. The van der Waals surface area contributed by atoms with Gasteiger partial charge in [-0.2, -0.15) is 4.52 Å². The van der Waals surface area contributed by atoms with Crippen LogP contribution < -0.4 is 15.5 Å². The van der Waals surface area contributed by atoms with Crippen LogP contribution in [0.3, 0.4) is 0 Å². The van der Waals surface area contributed by atoms with Gasteiger partial charge >= 0.3 is 6.03 Å². The summed E-state index contributed by atoms with van der Waals surface area (Å²) in [6.07, 6.45) is 3.13. The maximum Gasteiger partial charge on any atom is 0.323 e. The number of carbonyl (C=O) groups excluding carboxylic acids is 1. The summed E-state index contributed by atoms with van der Waals surface area (Å²) in [7, 11) is 0. The fraction of sp³-hybridized carbons (Fsp3) is 0.458. The van der Waals surface area contributed by atoms with E-state index in [2.05, 4.69) is 29.5 Å². The number of nitrogens with zero attached hydrogens (tertiary/aromatic N) is 5. The van der Waals surface area contributed by atoms with E-state index in [0.29, 0.717) is 54.8 Å². The van der Waals surface area contributed by atoms with Crippen molar-refractivity contribution in [3.8, 4) is 0 Å². The van der Waals surface area contributed by atoms with E-state index in [1.807, 2.05) is 17.0 Å². The van der Waals surface area contributed by atoms with Crippen molar-refractivity contribution in [3.63, 3.8) is 0 Å². The quantitative estimate of drug-likeness (QED) is 0.608. The highest BCUT2D eigenvalue weighted by molar-refractivity contribution is 5.88. The zero-order valence-electron chi connectivity index (χ0n) is 19.3. The zero-order chi connectivity index (χ0) is 23.8. The molecule has 0 saturated carbocycles. The van der Waals surface area contributed by atoms with Gasteiger partial charge < -0.3 is 15.1 Å². The van der Waals surface area contributed by atoms with E-state index in [0.717, 1.165) is 19.0 Å². The van der Waals surface area contributed by atoms with Crippen LogP contribution in [0.15, 0.2) is 36.5 Å². The summed E-state index contributed by atoms with van der Waals surface area (Å²) in [6, 6.07) is 6.95. The van der Waals surface area contributed by atoms with Gasteiger partial charge in [0.25, 0.3) is 0 Å². The van der Waals surface area contributed by atoms with Gasteiger partial charge in [0.05, 0.1) is 12.2 Å². The third kappa shape index (κ3) is 4.29. The van der Waals surface area contributed by atoms with Crippen molar-refractivity contribution in [2.45, 2.75) is 38.8 Å². The second-order valence-corrected chi connectivity index (χ2v) is 9.30. The number of benzene rings is 1. The molecule has 0 aliphatic carbocycles. The van der Waals surface area contributed by atoms with Gasteiger partial charge in [0.15, 0.2) is 11.5 Å². The number of urea groups is 1. The number of carbonyl (C=O) groups is 1. The first-order valence-corrected chi connectivity index (χ1v) is 11.8. The molecule has 2 unspecified atom stereocenters. The Labute approximate surface area is 196 Å². The Bertz CT molecular complexity index is 1200. The monoisotopic (exact) mass is 469 g/mol. The Morgan fingerprint density at radius 1 is 1.21 bits per heavy atom. The van der Waals surface area contributed by atoms with Gasteiger partial charge in [0.2, 0.25) is 0 Å². The number of hydrogen-bond acceptors (Lipinski definition) is 5. The number of anilines is 2. The SMILES string of the molecule is CC(C)C1CN(C(=O)Nc2cnc3ccc(N4CCCC4c4cc(F)ccc4F)nn23)CCN1. The average molecular weight is 470 g/mol. The van der Waals surface area contributed by atoms with Crippen LogP contribution in [-0.2, 0) is 0 Å². The summed E-state index contributed by atoms with van der Waals surface area (Å²) in [5.41, 5.74) is 0.920. The van der Waals surface area contributed by atoms with Crippen molar-refractivity contribution >= 4 is 23.3 Å². The average Bonchev–Trinajstić information content (AvgIpc) is 3.48. The summed E-state index contributed by atoms with van der Waals surface area (Å²) in [6.45, 7) is 6.95. The van der Waals surface area contributed by atoms with Gasteiger partial charge in [0.1, 0.15) is 17.5 Å². The molecule has 2 atom stereocenters. The largest absolute Gasteiger partial charge is 0.348 e. The van der Waals surface area contributed by atoms with Crippen LogP contribution >= 0.6 is 0 Å². The van der Waals surface area contributed by atoms with Gasteiger partial charge in [0, 0.05) is 37.8 Å². The van der Waals surface area contributed by atoms with E-state index in [4.69, 9.17) is 5.10 Å². The molecule has 2 fully saturated rings. The van der Waals surface area contributed by atoms with E-state index < -0.39 is 11.6 Å². The van der Waals surface area contributed by atoms with Crippen molar-refractivity contribution in [1.82, 2.24) is 24.8 Å². The first kappa shape index (κ1) is 22.5. The Balaban J connectivity index is 1.39. The van der Waals surface area contributed by atoms with Crippen LogP contribution in [0.5, 0.6) is 0 Å². The van der Waals surface area contributed by atoms with Crippen molar-refractivity contribution in [1.29, 1.82) is 0 Å². The first-order chi connectivity index (χ1) is 16.4. The Kier molecular flexibility index (Phi) is 6.07. The Hall–Kier alpha value is -3.27. The lowest BCUT2D eigenvalue weighted by molar-refractivity contribution is 0.177. The lowest BCUT2D eigenvalue weighted by atomic mass is 10.0. The molecule has 3 aromatic rings. The number of aromatic nitrogens is 3. The summed E-state index contributed by atoms with van der Waals surface area (Å²) < 4.78 is 29.9. The van der Waals surface area contributed by atoms with Crippen molar-refractivity contribution in [3.05, 3.63) is 53.7 Å². The maximum atomic E-state index is 14.5. The second-order valence-electron chi connectivity index (χ2n) is 9.30. The van der Waals surface area contributed by atoms with Gasteiger partial charge in [-0.15, -0.1) is 5.10 Å². The van der Waals surface area contributed by atoms with Crippen molar-refractivity contribution in [2.75, 3.05) is 36.4 Å². The standard InChI is InChI=1S/C24H29F2N7O/c1-15(2)19-14-31(11-9-27-19)24(34)29-23-13-28-21-7-8-22(30-33(21)23)32-10-3-4-20(32)17-12-16(25)5-6-18(17)26/h5-8,12-13,15,19-20,27H,3-4,9-11,14H2,1-2H3,(H,29,34). The number of rotatable bonds is 4. The molecule has 4 heterocycles. The van der Waals surface area contributed by atoms with Crippen molar-refractivity contribution in [2.24, 2.45) is 5.92 Å². The number of nitrogens with one attached hydrogen (secondary N) is 2. The third-order valence-corrected chi connectivity index (χ3v) is 6.74. The normalized spacial score (nSPS) is 21.0. The van der Waals surface area contributed by atoms with E-state index in [9.17, 15) is 13.6 Å². The van der Waals surface area contributed by atoms with E-state index >= 15 is 0 Å². The van der Waals surface area contributed by atoms with Gasteiger partial charge in [-0.1, -0.05) is 13.8 Å². The van der Waals surface area contributed by atoms with E-state index in [1.165, 1.54) is 12.1 Å². The lowest BCUT2D eigenvalue weighted by Crippen LogP contribution is -2.55. The minimum atomic E-state index is -0.459. The van der Waals surface area contributed by atoms with Gasteiger partial charge in [-0.05, 0) is 49.1 Å². The highest BCUT2D eigenvalue weighted by Gasteiger charge is 2.30. The number of amides is 2. The number of piperazine rings is 1. The molecular weight excluding hydrogens is 440 g/mol. The number of imidazole rings is 1. The molecule has 34 heavy (non-hydrogen) atoms. The summed E-state index contributed by atoms with van der Waals surface area (Å²) in [5, 5.41) is 11.1. The minimum Gasteiger partial charge on any atom is -0.348 e. The number of fused-ring (bicyclic) bond motifs is 1. The smallest absolute Gasteiger partial charge is 0.323 e. The summed E-state index contributed by atoms with van der Waals surface area (Å²) in [5.74, 6) is 0.625. The van der Waals surface area contributed by atoms with Crippen LogP contribution in [0, 0.1) is 17.6 Å². The fourth-order valence-electron chi connectivity index (χ4n) is 4.83. The molecule has 0 spiro atoms. The molecule has 0 radical (unpaired) electrons. The van der Waals surface area contributed by atoms with Crippen LogP contribution in [0.2, 0.25) is 0 Å². The highest BCUT2D eigenvalue weighted by Crippen LogP contribution is 2.36. The number of hydrogen-bond donors (Lipinski definition) is 2. The molecule has 1 aromatic carbocycles. The molecule has 2 amide bonds. The predicted octanol–water partition coefficient (Wildman–Crippen LogP) is 3.81. The Morgan fingerprint density at radius 3 is 2.88 bits per heavy atom. The zero-order valence-corrected chi connectivity index (χ0v) is 19.3. The fourth-order valence-corrected chi connectivity index (χ4v) is 4.83. The molecular formula is C24H29F2N7O. The predicted molar refractivity (Wildman–Crippen MR) is 126 cm³/mol. The minimum absolute atomic E-state index is 0.193. The summed E-state index contributed by atoms with van der Waals surface area (Å²) >= 11 is 0. The van der Waals surface area contributed by atoms with Crippen LogP contribution in [0.4, 0.5) is 25.2 Å². The molecule has 10 heteroatoms. The third-order valence-electron chi connectivity index (χ3n) is 6.74. The molecule has 2 aliphatic rings. The molecule has 180 valence electrons. The van der Waals surface area contributed by atoms with Crippen LogP contribution in [0.25, 0.3) is 5.65 Å².